The normalized spacial score (nSPS) is 17.0. The molecule has 28 heavy (non-hydrogen) atoms. The molecule has 0 spiro atoms. The van der Waals surface area contributed by atoms with Crippen LogP contribution in [0.25, 0.3) is 0 Å². The van der Waals surface area contributed by atoms with Gasteiger partial charge >= 0.3 is 6.09 Å². The van der Waals surface area contributed by atoms with Crippen LogP contribution in [0.3, 0.4) is 0 Å². The van der Waals surface area contributed by atoms with Gasteiger partial charge in [0.1, 0.15) is 15.9 Å². The summed E-state index contributed by atoms with van der Waals surface area (Å²) in [7, 11) is -3.56. The first-order valence-corrected chi connectivity index (χ1v) is 12.3. The fourth-order valence-corrected chi connectivity index (χ4v) is 6.54. The molecule has 1 aromatic heterocycles. The van der Waals surface area contributed by atoms with E-state index in [1.165, 1.54) is 17.3 Å². The van der Waals surface area contributed by atoms with Crippen molar-refractivity contribution in [2.45, 2.75) is 50.5 Å². The summed E-state index contributed by atoms with van der Waals surface area (Å²) in [4.78, 5) is 24.9. The molecule has 0 aliphatic carbocycles. The lowest BCUT2D eigenvalue weighted by molar-refractivity contribution is -0.117. The fraction of sp³-hybridized carbons (Fsp3) is 0.647. The Morgan fingerprint density at radius 2 is 1.86 bits per heavy atom. The molecule has 158 valence electrons. The molecule has 0 bridgehead atoms. The maximum Gasteiger partial charge on any atom is 0.408 e. The summed E-state index contributed by atoms with van der Waals surface area (Å²) in [5.41, 5.74) is -0.238. The van der Waals surface area contributed by atoms with Gasteiger partial charge in [-0.2, -0.15) is 16.1 Å². The van der Waals surface area contributed by atoms with Gasteiger partial charge in [0.05, 0.1) is 5.69 Å². The van der Waals surface area contributed by atoms with E-state index in [9.17, 15) is 18.0 Å². The number of rotatable bonds is 5. The van der Waals surface area contributed by atoms with E-state index >= 15 is 0 Å². The van der Waals surface area contributed by atoms with Crippen molar-refractivity contribution >= 4 is 50.8 Å². The van der Waals surface area contributed by atoms with Crippen LogP contribution in [0.5, 0.6) is 0 Å². The number of nitrogens with one attached hydrogen (secondary N) is 2. The Morgan fingerprint density at radius 1 is 1.25 bits per heavy atom. The van der Waals surface area contributed by atoms with Crippen molar-refractivity contribution in [3.05, 3.63) is 10.9 Å². The number of thioether (sulfide) groups is 1. The first-order valence-electron chi connectivity index (χ1n) is 8.89. The Kier molecular flexibility index (Phi) is 7.40. The molecule has 2 amide bonds. The van der Waals surface area contributed by atoms with Gasteiger partial charge in [-0.3, -0.25) is 4.79 Å². The van der Waals surface area contributed by atoms with Crippen LogP contribution in [-0.4, -0.2) is 61.0 Å². The number of nitrogens with zero attached hydrogens (tertiary/aromatic N) is 1. The third kappa shape index (κ3) is 6.10. The standard InChI is InChI=1S/C17H27N3O5S3/c1-11(18-16(22)25-17(3,4)5)15(21)19-13-10-14(27-12(13)2)28(23,24)20-6-8-26-9-7-20/h10-11H,6-9H2,1-5H3,(H,18,22)(H,19,21)/t11-/m0/s1. The lowest BCUT2D eigenvalue weighted by atomic mass is 10.2. The highest BCUT2D eigenvalue weighted by molar-refractivity contribution is 7.99. The molecule has 1 aliphatic heterocycles. The minimum atomic E-state index is -3.56. The van der Waals surface area contributed by atoms with Crippen LogP contribution >= 0.6 is 23.1 Å². The number of anilines is 1. The van der Waals surface area contributed by atoms with Gasteiger partial charge in [0.25, 0.3) is 10.0 Å². The second kappa shape index (κ2) is 9.02. The van der Waals surface area contributed by atoms with Gasteiger partial charge in [-0.15, -0.1) is 11.3 Å². The molecule has 1 aromatic rings. The quantitative estimate of drug-likeness (QED) is 0.716. The summed E-state index contributed by atoms with van der Waals surface area (Å²) < 4.78 is 32.4. The molecule has 1 aliphatic rings. The van der Waals surface area contributed by atoms with Crippen LogP contribution in [0.4, 0.5) is 10.5 Å². The highest BCUT2D eigenvalue weighted by Gasteiger charge is 2.29. The van der Waals surface area contributed by atoms with Crippen LogP contribution in [0.2, 0.25) is 0 Å². The summed E-state index contributed by atoms with van der Waals surface area (Å²) in [6.45, 7) is 9.45. The minimum Gasteiger partial charge on any atom is -0.444 e. The molecule has 0 radical (unpaired) electrons. The molecule has 0 unspecified atom stereocenters. The Balaban J connectivity index is 2.04. The van der Waals surface area contributed by atoms with E-state index in [2.05, 4.69) is 10.6 Å². The van der Waals surface area contributed by atoms with Crippen molar-refractivity contribution in [2.24, 2.45) is 0 Å². The Bertz CT molecular complexity index is 824. The molecule has 2 N–H and O–H groups in total. The summed E-state index contributed by atoms with van der Waals surface area (Å²) >= 11 is 2.86. The van der Waals surface area contributed by atoms with Gasteiger partial charge in [0.2, 0.25) is 5.91 Å². The molecule has 1 fully saturated rings. The number of thiophene rings is 1. The van der Waals surface area contributed by atoms with Crippen molar-refractivity contribution in [3.8, 4) is 0 Å². The third-order valence-electron chi connectivity index (χ3n) is 3.84. The smallest absolute Gasteiger partial charge is 0.408 e. The van der Waals surface area contributed by atoms with Gasteiger partial charge < -0.3 is 15.4 Å². The van der Waals surface area contributed by atoms with Crippen LogP contribution < -0.4 is 10.6 Å². The molecular formula is C17H27N3O5S3. The zero-order valence-electron chi connectivity index (χ0n) is 16.7. The van der Waals surface area contributed by atoms with Gasteiger partial charge in [0.15, 0.2) is 0 Å². The molecule has 2 rings (SSSR count). The minimum absolute atomic E-state index is 0.208. The summed E-state index contributed by atoms with van der Waals surface area (Å²) in [5.74, 6) is 1.10. The zero-order chi connectivity index (χ0) is 21.1. The van der Waals surface area contributed by atoms with Gasteiger partial charge in [-0.05, 0) is 40.7 Å². The van der Waals surface area contributed by atoms with Crippen molar-refractivity contribution in [3.63, 3.8) is 0 Å². The Morgan fingerprint density at radius 3 is 2.43 bits per heavy atom. The van der Waals surface area contributed by atoms with E-state index in [0.717, 1.165) is 22.8 Å². The van der Waals surface area contributed by atoms with Crippen LogP contribution in [0.1, 0.15) is 32.6 Å². The van der Waals surface area contributed by atoms with Crippen molar-refractivity contribution in [1.82, 2.24) is 9.62 Å². The number of amides is 2. The molecular weight excluding hydrogens is 422 g/mol. The maximum atomic E-state index is 12.8. The number of hydrogen-bond acceptors (Lipinski definition) is 7. The number of aryl methyl sites for hydroxylation is 1. The van der Waals surface area contributed by atoms with Crippen molar-refractivity contribution in [1.29, 1.82) is 0 Å². The van der Waals surface area contributed by atoms with Crippen LogP contribution in [-0.2, 0) is 19.6 Å². The lowest BCUT2D eigenvalue weighted by Crippen LogP contribution is -2.44. The highest BCUT2D eigenvalue weighted by atomic mass is 32.2. The second-order valence-corrected chi connectivity index (χ2v) is 12.1. The molecule has 0 aromatic carbocycles. The lowest BCUT2D eigenvalue weighted by Gasteiger charge is -2.24. The number of carbonyl (C=O) groups is 2. The monoisotopic (exact) mass is 449 g/mol. The van der Waals surface area contributed by atoms with Crippen LogP contribution in [0, 0.1) is 6.92 Å². The summed E-state index contributed by atoms with van der Waals surface area (Å²) in [5, 5.41) is 5.15. The Labute approximate surface area is 174 Å². The first-order chi connectivity index (χ1) is 12.9. The van der Waals surface area contributed by atoms with E-state index in [1.807, 2.05) is 0 Å². The number of hydrogen-bond donors (Lipinski definition) is 2. The Hall–Kier alpha value is -1.30. The number of alkyl carbamates (subject to hydrolysis) is 1. The van der Waals surface area contributed by atoms with Crippen molar-refractivity contribution in [2.75, 3.05) is 29.9 Å². The molecule has 8 nitrogen and oxygen atoms in total. The molecule has 0 saturated carbocycles. The van der Waals surface area contributed by atoms with E-state index in [0.29, 0.717) is 23.7 Å². The number of sulfonamides is 1. The second-order valence-electron chi connectivity index (χ2n) is 7.41. The third-order valence-corrected chi connectivity index (χ3v) is 8.18. The highest BCUT2D eigenvalue weighted by Crippen LogP contribution is 2.32. The predicted molar refractivity (Wildman–Crippen MR) is 113 cm³/mol. The van der Waals surface area contributed by atoms with Gasteiger partial charge in [-0.1, -0.05) is 0 Å². The number of carbonyl (C=O) groups excluding carboxylic acids is 2. The van der Waals surface area contributed by atoms with E-state index in [4.69, 9.17) is 4.74 Å². The van der Waals surface area contributed by atoms with E-state index < -0.39 is 33.7 Å². The zero-order valence-corrected chi connectivity index (χ0v) is 19.1. The molecule has 1 saturated heterocycles. The van der Waals surface area contributed by atoms with E-state index in [1.54, 1.807) is 39.5 Å². The topological polar surface area (TPSA) is 105 Å². The largest absolute Gasteiger partial charge is 0.444 e. The number of ether oxygens (including phenoxy) is 1. The molecule has 2 heterocycles. The van der Waals surface area contributed by atoms with Gasteiger partial charge in [-0.25, -0.2) is 13.2 Å². The molecule has 1 atom stereocenters. The van der Waals surface area contributed by atoms with E-state index in [-0.39, 0.29) is 4.21 Å². The predicted octanol–water partition coefficient (Wildman–Crippen LogP) is 2.65. The first kappa shape index (κ1) is 23.0. The summed E-state index contributed by atoms with van der Waals surface area (Å²) in [6, 6.07) is 0.642. The molecule has 11 heteroatoms. The van der Waals surface area contributed by atoms with Crippen LogP contribution in [0.15, 0.2) is 10.3 Å². The SMILES string of the molecule is Cc1sc(S(=O)(=O)N2CCSCC2)cc1NC(=O)[C@H](C)NC(=O)OC(C)(C)C. The average Bonchev–Trinajstić information content (AvgIpc) is 2.95. The van der Waals surface area contributed by atoms with Crippen molar-refractivity contribution < 1.29 is 22.7 Å². The fourth-order valence-electron chi connectivity index (χ4n) is 2.41. The maximum absolute atomic E-state index is 12.8. The van der Waals surface area contributed by atoms with Gasteiger partial charge in [0, 0.05) is 29.5 Å². The average molecular weight is 450 g/mol. The summed E-state index contributed by atoms with van der Waals surface area (Å²) in [6.07, 6.45) is -0.691.